The van der Waals surface area contributed by atoms with Crippen LogP contribution in [0.3, 0.4) is 0 Å². The second-order valence-corrected chi connectivity index (χ2v) is 6.89. The van der Waals surface area contributed by atoms with Crippen LogP contribution in [0.5, 0.6) is 0 Å². The van der Waals surface area contributed by atoms with Gasteiger partial charge in [-0.15, -0.1) is 0 Å². The molecule has 3 heterocycles. The maximum Gasteiger partial charge on any atom is 0.195 e. The zero-order chi connectivity index (χ0) is 19.1. The number of H-pyrrole nitrogens is 1. The third kappa shape index (κ3) is 2.68. The number of aromatic amines is 1. The van der Waals surface area contributed by atoms with Crippen LogP contribution in [0.25, 0.3) is 21.9 Å². The van der Waals surface area contributed by atoms with E-state index in [4.69, 9.17) is 0 Å². The number of imidazole rings is 1. The van der Waals surface area contributed by atoms with Crippen LogP contribution >= 0.6 is 0 Å². The highest BCUT2D eigenvalue weighted by Crippen LogP contribution is 2.22. The van der Waals surface area contributed by atoms with E-state index in [0.29, 0.717) is 17.7 Å². The van der Waals surface area contributed by atoms with Gasteiger partial charge in [-0.1, -0.05) is 36.4 Å². The molecule has 0 radical (unpaired) electrons. The molecule has 0 aliphatic rings. The average molecular weight is 366 g/mol. The zero-order valence-corrected chi connectivity index (χ0v) is 15.4. The Hall–Kier alpha value is -3.73. The Morgan fingerprint density at radius 3 is 2.93 bits per heavy atom. The number of hydrogen-bond donors (Lipinski definition) is 1. The summed E-state index contributed by atoms with van der Waals surface area (Å²) in [6, 6.07) is 17.6. The summed E-state index contributed by atoms with van der Waals surface area (Å²) in [5.41, 5.74) is 5.34. The lowest BCUT2D eigenvalue weighted by atomic mass is 10.0. The molecule has 5 aromatic rings. The molecule has 136 valence electrons. The Kier molecular flexibility index (Phi) is 3.79. The van der Waals surface area contributed by atoms with Crippen LogP contribution in [0, 0.1) is 6.92 Å². The summed E-state index contributed by atoms with van der Waals surface area (Å²) in [5, 5.41) is 0.946. The summed E-state index contributed by atoms with van der Waals surface area (Å²) >= 11 is 0. The molecule has 0 fully saturated rings. The molecule has 0 aliphatic carbocycles. The Bertz CT molecular complexity index is 1330. The van der Waals surface area contributed by atoms with Crippen LogP contribution in [-0.2, 0) is 6.54 Å². The van der Waals surface area contributed by atoms with Crippen molar-refractivity contribution in [2.75, 3.05) is 0 Å². The van der Waals surface area contributed by atoms with Gasteiger partial charge in [-0.3, -0.25) is 9.78 Å². The fourth-order valence-electron chi connectivity index (χ4n) is 3.71. The van der Waals surface area contributed by atoms with Crippen molar-refractivity contribution in [2.24, 2.45) is 0 Å². The van der Waals surface area contributed by atoms with Crippen molar-refractivity contribution >= 4 is 27.7 Å². The van der Waals surface area contributed by atoms with Gasteiger partial charge < -0.3 is 9.55 Å². The molecule has 0 spiro atoms. The number of ketones is 1. The first kappa shape index (κ1) is 16.4. The summed E-state index contributed by atoms with van der Waals surface area (Å²) in [7, 11) is 0. The van der Waals surface area contributed by atoms with Crippen LogP contribution in [0.2, 0.25) is 0 Å². The predicted octanol–water partition coefficient (Wildman–Crippen LogP) is 4.50. The first-order valence-corrected chi connectivity index (χ1v) is 9.17. The molecule has 5 rings (SSSR count). The number of nitrogens with zero attached hydrogens (tertiary/aromatic N) is 3. The van der Waals surface area contributed by atoms with E-state index >= 15 is 0 Å². The molecule has 0 unspecified atom stereocenters. The van der Waals surface area contributed by atoms with Gasteiger partial charge in [0.25, 0.3) is 0 Å². The third-order valence-electron chi connectivity index (χ3n) is 5.11. The van der Waals surface area contributed by atoms with Crippen LogP contribution < -0.4 is 0 Å². The summed E-state index contributed by atoms with van der Waals surface area (Å²) < 4.78 is 2.15. The van der Waals surface area contributed by atoms with Gasteiger partial charge in [0, 0.05) is 41.0 Å². The Labute approximate surface area is 161 Å². The van der Waals surface area contributed by atoms with E-state index in [1.807, 2.05) is 61.5 Å². The standard InChI is InChI=1S/C23H18N4O/c1-15-26-21-13-24-10-9-22(21)27(15)14-16-5-4-6-17(11-16)23(28)19-12-25-20-8-3-2-7-18(19)20/h2-13,25H,14H2,1H3. The highest BCUT2D eigenvalue weighted by atomic mass is 16.1. The molecule has 5 nitrogen and oxygen atoms in total. The minimum atomic E-state index is 0.0238. The quantitative estimate of drug-likeness (QED) is 0.476. The SMILES string of the molecule is Cc1nc2cnccc2n1Cc1cccc(C(=O)c2c[nH]c3ccccc23)c1. The highest BCUT2D eigenvalue weighted by molar-refractivity contribution is 6.16. The molecule has 0 atom stereocenters. The molecule has 0 saturated carbocycles. The van der Waals surface area contributed by atoms with Crippen molar-refractivity contribution in [3.8, 4) is 0 Å². The Balaban J connectivity index is 1.51. The van der Waals surface area contributed by atoms with Gasteiger partial charge in [0.05, 0.1) is 11.7 Å². The van der Waals surface area contributed by atoms with Crippen molar-refractivity contribution < 1.29 is 4.79 Å². The van der Waals surface area contributed by atoms with E-state index in [1.165, 1.54) is 0 Å². The summed E-state index contributed by atoms with van der Waals surface area (Å²) in [6.07, 6.45) is 5.34. The maximum absolute atomic E-state index is 13.1. The molecule has 1 N–H and O–H groups in total. The number of carbonyl (C=O) groups is 1. The highest BCUT2D eigenvalue weighted by Gasteiger charge is 2.15. The minimum Gasteiger partial charge on any atom is -0.360 e. The van der Waals surface area contributed by atoms with E-state index in [2.05, 4.69) is 19.5 Å². The lowest BCUT2D eigenvalue weighted by Crippen LogP contribution is -2.05. The Morgan fingerprint density at radius 1 is 1.11 bits per heavy atom. The first-order chi connectivity index (χ1) is 13.7. The number of fused-ring (bicyclic) bond motifs is 2. The van der Waals surface area contributed by atoms with Gasteiger partial charge >= 0.3 is 0 Å². The van der Waals surface area contributed by atoms with Crippen molar-refractivity contribution in [2.45, 2.75) is 13.5 Å². The smallest absolute Gasteiger partial charge is 0.195 e. The number of aryl methyl sites for hydroxylation is 1. The molecule has 2 aromatic carbocycles. The topological polar surface area (TPSA) is 63.6 Å². The van der Waals surface area contributed by atoms with E-state index in [0.717, 1.165) is 33.3 Å². The molecule has 5 heteroatoms. The number of aromatic nitrogens is 4. The number of hydrogen-bond acceptors (Lipinski definition) is 3. The van der Waals surface area contributed by atoms with Gasteiger partial charge in [-0.2, -0.15) is 0 Å². The number of rotatable bonds is 4. The van der Waals surface area contributed by atoms with Gasteiger partial charge in [-0.25, -0.2) is 4.98 Å². The lowest BCUT2D eigenvalue weighted by Gasteiger charge is -2.09. The second kappa shape index (κ2) is 6.46. The van der Waals surface area contributed by atoms with Crippen LogP contribution in [0.1, 0.15) is 27.3 Å². The molecule has 0 bridgehead atoms. The number of pyridine rings is 1. The molecular formula is C23H18N4O. The van der Waals surface area contributed by atoms with Gasteiger partial charge in [-0.05, 0) is 30.7 Å². The third-order valence-corrected chi connectivity index (χ3v) is 5.11. The van der Waals surface area contributed by atoms with Gasteiger partial charge in [0.15, 0.2) is 5.78 Å². The van der Waals surface area contributed by atoms with Crippen LogP contribution in [0.4, 0.5) is 0 Å². The van der Waals surface area contributed by atoms with Gasteiger partial charge in [0.1, 0.15) is 11.3 Å². The molecule has 28 heavy (non-hydrogen) atoms. The maximum atomic E-state index is 13.1. The van der Waals surface area contributed by atoms with Crippen molar-refractivity contribution in [3.63, 3.8) is 0 Å². The van der Waals surface area contributed by atoms with Crippen LogP contribution in [-0.4, -0.2) is 25.3 Å². The summed E-state index contributed by atoms with van der Waals surface area (Å²) in [4.78, 5) is 25.0. The molecule has 0 amide bonds. The average Bonchev–Trinajstić information content (AvgIpc) is 3.29. The number of carbonyl (C=O) groups excluding carboxylic acids is 1. The fourth-order valence-corrected chi connectivity index (χ4v) is 3.71. The minimum absolute atomic E-state index is 0.0238. The van der Waals surface area contributed by atoms with Crippen molar-refractivity contribution in [3.05, 3.63) is 95.7 Å². The van der Waals surface area contributed by atoms with Crippen LogP contribution in [0.15, 0.2) is 73.2 Å². The molecular weight excluding hydrogens is 348 g/mol. The zero-order valence-electron chi connectivity index (χ0n) is 15.4. The fraction of sp³-hybridized carbons (Fsp3) is 0.0870. The van der Waals surface area contributed by atoms with E-state index in [1.54, 1.807) is 18.6 Å². The second-order valence-electron chi connectivity index (χ2n) is 6.89. The number of nitrogens with one attached hydrogen (secondary N) is 1. The number of benzene rings is 2. The predicted molar refractivity (Wildman–Crippen MR) is 110 cm³/mol. The first-order valence-electron chi connectivity index (χ1n) is 9.17. The van der Waals surface area contributed by atoms with E-state index in [9.17, 15) is 4.79 Å². The molecule has 0 saturated heterocycles. The Morgan fingerprint density at radius 2 is 2.00 bits per heavy atom. The van der Waals surface area contributed by atoms with Crippen molar-refractivity contribution in [1.29, 1.82) is 0 Å². The summed E-state index contributed by atoms with van der Waals surface area (Å²) in [6.45, 7) is 2.64. The molecule has 0 aliphatic heterocycles. The number of para-hydroxylation sites is 1. The lowest BCUT2D eigenvalue weighted by molar-refractivity contribution is 0.104. The largest absolute Gasteiger partial charge is 0.360 e. The summed E-state index contributed by atoms with van der Waals surface area (Å²) in [5.74, 6) is 0.951. The monoisotopic (exact) mass is 366 g/mol. The normalized spacial score (nSPS) is 11.3. The van der Waals surface area contributed by atoms with E-state index in [-0.39, 0.29) is 5.78 Å². The molecule has 3 aromatic heterocycles. The van der Waals surface area contributed by atoms with Crippen molar-refractivity contribution in [1.82, 2.24) is 19.5 Å². The van der Waals surface area contributed by atoms with E-state index < -0.39 is 0 Å². The van der Waals surface area contributed by atoms with Gasteiger partial charge in [0.2, 0.25) is 0 Å².